The van der Waals surface area contributed by atoms with Crippen molar-refractivity contribution in [3.63, 3.8) is 0 Å². The van der Waals surface area contributed by atoms with E-state index in [0.717, 1.165) is 12.1 Å². The second-order valence-corrected chi connectivity index (χ2v) is 3.64. The Morgan fingerprint density at radius 1 is 1.12 bits per heavy atom. The molecule has 90 valence electrons. The Morgan fingerprint density at radius 3 is 2.24 bits per heavy atom. The minimum absolute atomic E-state index is 0.0908. The molecule has 0 bridgehead atoms. The molecule has 17 heavy (non-hydrogen) atoms. The van der Waals surface area contributed by atoms with Crippen molar-refractivity contribution in [3.05, 3.63) is 46.6 Å². The number of halogens is 4. The van der Waals surface area contributed by atoms with Crippen molar-refractivity contribution in [2.45, 2.75) is 12.6 Å². The fourth-order valence-corrected chi connectivity index (χ4v) is 1.42. The second kappa shape index (κ2) is 4.37. The Kier molecular flexibility index (Phi) is 3.06. The van der Waals surface area contributed by atoms with Gasteiger partial charge in [0.1, 0.15) is 0 Å². The predicted molar refractivity (Wildman–Crippen MR) is 53.6 cm³/mol. The van der Waals surface area contributed by atoms with Crippen LogP contribution in [0.3, 0.4) is 0 Å². The van der Waals surface area contributed by atoms with E-state index in [-0.39, 0.29) is 17.7 Å². The number of benzene rings is 1. The number of aromatic nitrogens is 2. The molecule has 0 fully saturated rings. The molecule has 0 amide bonds. The maximum absolute atomic E-state index is 12.3. The summed E-state index contributed by atoms with van der Waals surface area (Å²) in [7, 11) is 0. The van der Waals surface area contributed by atoms with E-state index in [1.165, 1.54) is 12.1 Å². The van der Waals surface area contributed by atoms with Gasteiger partial charge in [-0.3, -0.25) is 0 Å². The lowest BCUT2D eigenvalue weighted by Gasteiger charge is -2.06. The first-order valence-electron chi connectivity index (χ1n) is 4.59. The Balaban J connectivity index is 2.13. The molecule has 0 aliphatic carbocycles. The van der Waals surface area contributed by atoms with Crippen LogP contribution in [0.25, 0.3) is 0 Å². The molecule has 0 saturated heterocycles. The van der Waals surface area contributed by atoms with Gasteiger partial charge in [0.25, 0.3) is 0 Å². The van der Waals surface area contributed by atoms with Gasteiger partial charge in [-0.2, -0.15) is 13.2 Å². The molecule has 0 aliphatic rings. The van der Waals surface area contributed by atoms with E-state index in [0.29, 0.717) is 5.56 Å². The van der Waals surface area contributed by atoms with E-state index in [1.807, 2.05) is 0 Å². The van der Waals surface area contributed by atoms with Gasteiger partial charge in [0.05, 0.1) is 12.0 Å². The maximum atomic E-state index is 12.3. The molecule has 0 radical (unpaired) electrons. The highest BCUT2D eigenvalue weighted by atomic mass is 35.5. The first-order chi connectivity index (χ1) is 7.95. The van der Waals surface area contributed by atoms with Crippen LogP contribution in [0.1, 0.15) is 17.0 Å². The zero-order valence-electron chi connectivity index (χ0n) is 8.33. The zero-order chi connectivity index (χ0) is 12.5. The fourth-order valence-electron chi connectivity index (χ4n) is 1.29. The monoisotopic (exact) mass is 262 g/mol. The van der Waals surface area contributed by atoms with Gasteiger partial charge >= 0.3 is 11.5 Å². The van der Waals surface area contributed by atoms with E-state index in [9.17, 15) is 13.2 Å². The van der Waals surface area contributed by atoms with Crippen LogP contribution in [0.4, 0.5) is 13.2 Å². The first-order valence-corrected chi connectivity index (χ1v) is 4.97. The number of nitrogens with zero attached hydrogens (tertiary/aromatic N) is 2. The van der Waals surface area contributed by atoms with Gasteiger partial charge in [-0.25, -0.2) is 0 Å². The van der Waals surface area contributed by atoms with Crippen molar-refractivity contribution in [1.82, 2.24) is 10.2 Å². The van der Waals surface area contributed by atoms with Gasteiger partial charge in [0.15, 0.2) is 0 Å². The molecule has 1 heterocycles. The van der Waals surface area contributed by atoms with Gasteiger partial charge in [-0.15, -0.1) is 5.10 Å². The molecule has 2 aromatic rings. The van der Waals surface area contributed by atoms with Crippen LogP contribution in [0.2, 0.25) is 5.35 Å². The lowest BCUT2D eigenvalue weighted by atomic mass is 10.1. The number of rotatable bonds is 2. The van der Waals surface area contributed by atoms with E-state index in [4.69, 9.17) is 16.0 Å². The molecule has 0 atom stereocenters. The van der Waals surface area contributed by atoms with Gasteiger partial charge in [0, 0.05) is 0 Å². The highest BCUT2D eigenvalue weighted by Gasteiger charge is 2.29. The van der Waals surface area contributed by atoms with Crippen LogP contribution in [-0.2, 0) is 12.6 Å². The van der Waals surface area contributed by atoms with Crippen LogP contribution in [0.5, 0.6) is 0 Å². The number of hydrogen-bond donors (Lipinski definition) is 0. The highest BCUT2D eigenvalue weighted by Crippen LogP contribution is 2.29. The molecular formula is C10H6ClF3N2O. The number of alkyl halides is 3. The van der Waals surface area contributed by atoms with E-state index >= 15 is 0 Å². The van der Waals surface area contributed by atoms with Crippen molar-refractivity contribution < 1.29 is 17.6 Å². The second-order valence-electron chi connectivity index (χ2n) is 3.32. The summed E-state index contributed by atoms with van der Waals surface area (Å²) in [4.78, 5) is 0. The van der Waals surface area contributed by atoms with Crippen molar-refractivity contribution in [2.75, 3.05) is 0 Å². The molecule has 0 spiro atoms. The summed E-state index contributed by atoms with van der Waals surface area (Å²) in [6.45, 7) is 0. The maximum Gasteiger partial charge on any atom is 0.416 e. The summed E-state index contributed by atoms with van der Waals surface area (Å²) in [5.74, 6) is 0.259. The molecule has 1 aromatic heterocycles. The normalized spacial score (nSPS) is 11.8. The topological polar surface area (TPSA) is 38.9 Å². The van der Waals surface area contributed by atoms with E-state index in [1.54, 1.807) is 0 Å². The molecule has 0 saturated carbocycles. The zero-order valence-corrected chi connectivity index (χ0v) is 9.09. The van der Waals surface area contributed by atoms with Crippen molar-refractivity contribution in [2.24, 2.45) is 0 Å². The molecule has 0 aliphatic heterocycles. The van der Waals surface area contributed by atoms with E-state index in [2.05, 4.69) is 10.2 Å². The summed E-state index contributed by atoms with van der Waals surface area (Å²) in [6.07, 6.45) is -4.08. The number of hydrogen-bond acceptors (Lipinski definition) is 3. The van der Waals surface area contributed by atoms with Crippen LogP contribution in [-0.4, -0.2) is 10.2 Å². The predicted octanol–water partition coefficient (Wildman–Crippen LogP) is 3.33. The standard InChI is InChI=1S/C10H6ClF3N2O/c11-9-16-15-8(17-9)5-6-1-3-7(4-2-6)10(12,13)14/h1-4H,5H2. The molecular weight excluding hydrogens is 257 g/mol. The van der Waals surface area contributed by atoms with Crippen LogP contribution >= 0.6 is 11.6 Å². The molecule has 0 unspecified atom stereocenters. The Morgan fingerprint density at radius 2 is 1.76 bits per heavy atom. The lowest BCUT2D eigenvalue weighted by Crippen LogP contribution is -2.04. The Hall–Kier alpha value is -1.56. The summed E-state index contributed by atoms with van der Waals surface area (Å²) in [5.41, 5.74) is -0.0527. The molecule has 1 aromatic carbocycles. The average Bonchev–Trinajstić information content (AvgIpc) is 2.63. The Labute approximate surface area is 99.2 Å². The van der Waals surface area contributed by atoms with Crippen LogP contribution in [0, 0.1) is 0 Å². The highest BCUT2D eigenvalue weighted by molar-refractivity contribution is 6.27. The van der Waals surface area contributed by atoms with Gasteiger partial charge in [-0.05, 0) is 29.3 Å². The molecule has 2 rings (SSSR count). The molecule has 7 heteroatoms. The largest absolute Gasteiger partial charge is 0.416 e. The summed E-state index contributed by atoms with van der Waals surface area (Å²) >= 11 is 5.42. The third-order valence-electron chi connectivity index (χ3n) is 2.08. The summed E-state index contributed by atoms with van der Waals surface area (Å²) in [5, 5.41) is 6.96. The third kappa shape index (κ3) is 2.97. The minimum Gasteiger partial charge on any atom is -0.412 e. The smallest absolute Gasteiger partial charge is 0.412 e. The Bertz CT molecular complexity index is 507. The van der Waals surface area contributed by atoms with Crippen LogP contribution < -0.4 is 0 Å². The SMILES string of the molecule is FC(F)(F)c1ccc(Cc2nnc(Cl)o2)cc1. The van der Waals surface area contributed by atoms with Crippen molar-refractivity contribution in [3.8, 4) is 0 Å². The third-order valence-corrected chi connectivity index (χ3v) is 2.23. The molecule has 0 N–H and O–H groups in total. The molecule has 3 nitrogen and oxygen atoms in total. The van der Waals surface area contributed by atoms with Gasteiger partial charge in [-0.1, -0.05) is 17.2 Å². The van der Waals surface area contributed by atoms with E-state index < -0.39 is 11.7 Å². The first kappa shape index (κ1) is 11.9. The quantitative estimate of drug-likeness (QED) is 0.833. The van der Waals surface area contributed by atoms with Gasteiger partial charge < -0.3 is 4.42 Å². The average molecular weight is 263 g/mol. The minimum atomic E-state index is -4.33. The van der Waals surface area contributed by atoms with Crippen LogP contribution in [0.15, 0.2) is 28.7 Å². The summed E-state index contributed by atoms with van der Waals surface area (Å²) < 4.78 is 41.8. The van der Waals surface area contributed by atoms with Crippen molar-refractivity contribution in [1.29, 1.82) is 0 Å². The van der Waals surface area contributed by atoms with Crippen molar-refractivity contribution >= 4 is 11.6 Å². The summed E-state index contributed by atoms with van der Waals surface area (Å²) in [6, 6.07) is 4.74. The lowest BCUT2D eigenvalue weighted by molar-refractivity contribution is -0.137. The fraction of sp³-hybridized carbons (Fsp3) is 0.200. The van der Waals surface area contributed by atoms with Gasteiger partial charge in [0.2, 0.25) is 5.89 Å².